The Bertz CT molecular complexity index is 1250. The summed E-state index contributed by atoms with van der Waals surface area (Å²) in [6, 6.07) is 25.3. The van der Waals surface area contributed by atoms with Crippen LogP contribution in [0.25, 0.3) is 39.4 Å². The molecule has 0 atom stereocenters. The molecule has 0 fully saturated rings. The predicted molar refractivity (Wildman–Crippen MR) is 110 cm³/mol. The monoisotopic (exact) mass is 367 g/mol. The fourth-order valence-corrected chi connectivity index (χ4v) is 3.55. The fourth-order valence-electron chi connectivity index (χ4n) is 3.55. The van der Waals surface area contributed by atoms with Crippen LogP contribution >= 0.6 is 0 Å². The molecular formula is C24H18FN3. The van der Waals surface area contributed by atoms with E-state index < -0.39 is 0 Å². The first-order valence-electron chi connectivity index (χ1n) is 9.15. The van der Waals surface area contributed by atoms with Gasteiger partial charge in [0.15, 0.2) is 0 Å². The Hall–Kier alpha value is -3.66. The van der Waals surface area contributed by atoms with E-state index >= 15 is 0 Å². The summed E-state index contributed by atoms with van der Waals surface area (Å²) in [4.78, 5) is 4.80. The van der Waals surface area contributed by atoms with Gasteiger partial charge in [0.05, 0.1) is 11.4 Å². The van der Waals surface area contributed by atoms with E-state index in [9.17, 15) is 4.39 Å². The number of hydrogen-bond acceptors (Lipinski definition) is 1. The van der Waals surface area contributed by atoms with E-state index in [1.165, 1.54) is 23.3 Å². The summed E-state index contributed by atoms with van der Waals surface area (Å²) >= 11 is 0. The molecule has 0 radical (unpaired) electrons. The zero-order valence-electron chi connectivity index (χ0n) is 15.4. The molecule has 0 spiro atoms. The van der Waals surface area contributed by atoms with Gasteiger partial charge in [-0.15, -0.1) is 0 Å². The highest BCUT2D eigenvalue weighted by Crippen LogP contribution is 2.27. The Labute approximate surface area is 162 Å². The van der Waals surface area contributed by atoms with Crippen molar-refractivity contribution in [2.24, 2.45) is 7.05 Å². The second kappa shape index (κ2) is 6.50. The average molecular weight is 367 g/mol. The summed E-state index contributed by atoms with van der Waals surface area (Å²) in [5.74, 6) is 0.616. The fraction of sp³-hybridized carbons (Fsp3) is 0.0417. The van der Waals surface area contributed by atoms with Gasteiger partial charge in [0.25, 0.3) is 0 Å². The van der Waals surface area contributed by atoms with Crippen LogP contribution in [0, 0.1) is 5.82 Å². The molecule has 5 rings (SSSR count). The van der Waals surface area contributed by atoms with Crippen LogP contribution < -0.4 is 0 Å². The maximum absolute atomic E-state index is 13.2. The Morgan fingerprint density at radius 2 is 1.29 bits per heavy atom. The minimum Gasteiger partial charge on any atom is -0.313 e. The molecule has 28 heavy (non-hydrogen) atoms. The van der Waals surface area contributed by atoms with Gasteiger partial charge in [-0.05, 0) is 41.0 Å². The standard InChI is InChI=1S/C24H18FN3/c1-27-23(20-11-13-21(25)14-12-20)16-28-15-22(26-24(27)28)19-9-7-18(8-10-19)17-5-3-2-4-6-17/h2-16H,1H3. The molecule has 0 amide bonds. The van der Waals surface area contributed by atoms with Crippen LogP contribution in [0.3, 0.4) is 0 Å². The SMILES string of the molecule is Cn1c(-c2ccc(F)cc2)cn2cc(-c3ccc(-c4ccccc4)cc3)nc12. The maximum atomic E-state index is 13.2. The number of fused-ring (bicyclic) bond motifs is 1. The van der Waals surface area contributed by atoms with Crippen molar-refractivity contribution in [3.8, 4) is 33.6 Å². The lowest BCUT2D eigenvalue weighted by Crippen LogP contribution is -1.92. The number of imidazole rings is 2. The lowest BCUT2D eigenvalue weighted by atomic mass is 10.0. The summed E-state index contributed by atoms with van der Waals surface area (Å²) in [5, 5.41) is 0. The molecule has 3 nitrogen and oxygen atoms in total. The van der Waals surface area contributed by atoms with E-state index in [0.717, 1.165) is 28.3 Å². The van der Waals surface area contributed by atoms with Crippen molar-refractivity contribution in [1.29, 1.82) is 0 Å². The summed E-state index contributed by atoms with van der Waals surface area (Å²) in [6.07, 6.45) is 4.05. The summed E-state index contributed by atoms with van der Waals surface area (Å²) in [6.45, 7) is 0. The average Bonchev–Trinajstić information content (AvgIpc) is 3.29. The summed E-state index contributed by atoms with van der Waals surface area (Å²) in [7, 11) is 1.98. The molecule has 0 unspecified atom stereocenters. The third-order valence-electron chi connectivity index (χ3n) is 5.06. The van der Waals surface area contributed by atoms with Crippen LogP contribution in [0.4, 0.5) is 4.39 Å². The quantitative estimate of drug-likeness (QED) is 0.394. The molecule has 0 saturated carbocycles. The van der Waals surface area contributed by atoms with Gasteiger partial charge in [-0.3, -0.25) is 4.40 Å². The van der Waals surface area contributed by atoms with Crippen LogP contribution in [-0.4, -0.2) is 14.0 Å². The normalized spacial score (nSPS) is 11.2. The van der Waals surface area contributed by atoms with E-state index in [1.54, 1.807) is 12.1 Å². The van der Waals surface area contributed by atoms with Crippen molar-refractivity contribution in [3.05, 3.63) is 97.1 Å². The molecule has 2 aromatic heterocycles. The molecule has 136 valence electrons. The van der Waals surface area contributed by atoms with Gasteiger partial charge in [-0.1, -0.05) is 54.6 Å². The van der Waals surface area contributed by atoms with Crippen molar-refractivity contribution in [1.82, 2.24) is 14.0 Å². The zero-order chi connectivity index (χ0) is 19.1. The third-order valence-corrected chi connectivity index (χ3v) is 5.06. The first kappa shape index (κ1) is 16.5. The maximum Gasteiger partial charge on any atom is 0.214 e. The Kier molecular flexibility index (Phi) is 3.83. The number of aryl methyl sites for hydroxylation is 1. The minimum atomic E-state index is -0.232. The first-order chi connectivity index (χ1) is 13.7. The number of nitrogens with zero attached hydrogens (tertiary/aromatic N) is 3. The highest BCUT2D eigenvalue weighted by atomic mass is 19.1. The van der Waals surface area contributed by atoms with Crippen LogP contribution in [0.5, 0.6) is 0 Å². The largest absolute Gasteiger partial charge is 0.313 e. The summed E-state index contributed by atoms with van der Waals surface area (Å²) in [5.41, 5.74) is 6.35. The van der Waals surface area contributed by atoms with E-state index in [4.69, 9.17) is 4.98 Å². The first-order valence-corrected chi connectivity index (χ1v) is 9.15. The van der Waals surface area contributed by atoms with Crippen molar-refractivity contribution < 1.29 is 4.39 Å². The molecule has 0 aliphatic rings. The second-order valence-electron chi connectivity index (χ2n) is 6.86. The molecule has 0 aliphatic carbocycles. The van der Waals surface area contributed by atoms with E-state index in [-0.39, 0.29) is 5.82 Å². The third kappa shape index (κ3) is 2.79. The zero-order valence-corrected chi connectivity index (χ0v) is 15.4. The molecule has 3 aromatic carbocycles. The van der Waals surface area contributed by atoms with Crippen LogP contribution in [0.15, 0.2) is 91.3 Å². The van der Waals surface area contributed by atoms with Gasteiger partial charge in [0.1, 0.15) is 5.82 Å². The van der Waals surface area contributed by atoms with Crippen LogP contribution in [0.2, 0.25) is 0 Å². The van der Waals surface area contributed by atoms with E-state index in [1.807, 2.05) is 46.6 Å². The smallest absolute Gasteiger partial charge is 0.214 e. The Morgan fingerprint density at radius 1 is 0.679 bits per heavy atom. The topological polar surface area (TPSA) is 22.2 Å². The van der Waals surface area contributed by atoms with Crippen molar-refractivity contribution in [2.75, 3.05) is 0 Å². The van der Waals surface area contributed by atoms with Gasteiger partial charge in [-0.25, -0.2) is 9.37 Å². The molecule has 2 heterocycles. The second-order valence-corrected chi connectivity index (χ2v) is 6.86. The number of aromatic nitrogens is 3. The van der Waals surface area contributed by atoms with Gasteiger partial charge in [0.2, 0.25) is 5.78 Å². The number of halogens is 1. The predicted octanol–water partition coefficient (Wildman–Crippen LogP) is 5.81. The molecule has 0 aliphatic heterocycles. The molecule has 0 saturated heterocycles. The van der Waals surface area contributed by atoms with Gasteiger partial charge in [0, 0.05) is 25.0 Å². The molecule has 4 heteroatoms. The molecule has 5 aromatic rings. The molecular weight excluding hydrogens is 349 g/mol. The van der Waals surface area contributed by atoms with Gasteiger partial charge >= 0.3 is 0 Å². The van der Waals surface area contributed by atoms with Crippen LogP contribution in [-0.2, 0) is 7.05 Å². The van der Waals surface area contributed by atoms with Crippen molar-refractivity contribution >= 4 is 5.78 Å². The van der Waals surface area contributed by atoms with Crippen LogP contribution in [0.1, 0.15) is 0 Å². The molecule has 0 bridgehead atoms. The Balaban J connectivity index is 1.50. The Morgan fingerprint density at radius 3 is 1.96 bits per heavy atom. The summed E-state index contributed by atoms with van der Waals surface area (Å²) < 4.78 is 17.2. The van der Waals surface area contributed by atoms with Gasteiger partial charge < -0.3 is 4.57 Å². The van der Waals surface area contributed by atoms with Gasteiger partial charge in [-0.2, -0.15) is 0 Å². The van der Waals surface area contributed by atoms with E-state index in [0.29, 0.717) is 0 Å². The van der Waals surface area contributed by atoms with E-state index in [2.05, 4.69) is 36.4 Å². The minimum absolute atomic E-state index is 0.232. The lowest BCUT2D eigenvalue weighted by Gasteiger charge is -2.04. The number of hydrogen-bond donors (Lipinski definition) is 0. The lowest BCUT2D eigenvalue weighted by molar-refractivity contribution is 0.628. The molecule has 0 N–H and O–H groups in total. The number of rotatable bonds is 3. The van der Waals surface area contributed by atoms with Crippen molar-refractivity contribution in [2.45, 2.75) is 0 Å². The number of benzene rings is 3. The highest BCUT2D eigenvalue weighted by Gasteiger charge is 2.12. The van der Waals surface area contributed by atoms with Crippen molar-refractivity contribution in [3.63, 3.8) is 0 Å². The highest BCUT2D eigenvalue weighted by molar-refractivity contribution is 5.70.